The van der Waals surface area contributed by atoms with Crippen molar-refractivity contribution in [2.75, 3.05) is 24.6 Å². The zero-order valence-corrected chi connectivity index (χ0v) is 15.3. The maximum Gasteiger partial charge on any atom is 0.191 e. The Morgan fingerprint density at radius 1 is 1.40 bits per heavy atom. The summed E-state index contributed by atoms with van der Waals surface area (Å²) in [6.45, 7) is 4.26. The smallest absolute Gasteiger partial charge is 0.191 e. The molecule has 0 radical (unpaired) electrons. The lowest BCUT2D eigenvalue weighted by atomic mass is 10.3. The summed E-state index contributed by atoms with van der Waals surface area (Å²) < 4.78 is 25.3. The molecular formula is C17H25N5O2S. The molecule has 25 heavy (non-hydrogen) atoms. The molecule has 1 aromatic heterocycles. The lowest BCUT2D eigenvalue weighted by molar-refractivity contribution is 0.599. The van der Waals surface area contributed by atoms with E-state index in [-0.39, 0.29) is 17.5 Å². The second kappa shape index (κ2) is 7.86. The number of rotatable bonds is 6. The number of sulfone groups is 1. The summed E-state index contributed by atoms with van der Waals surface area (Å²) in [5.74, 6) is 1.15. The van der Waals surface area contributed by atoms with Gasteiger partial charge >= 0.3 is 0 Å². The van der Waals surface area contributed by atoms with Gasteiger partial charge in [-0.15, -0.1) is 0 Å². The number of fused-ring (bicyclic) bond motifs is 1. The molecule has 1 aliphatic heterocycles. The summed E-state index contributed by atoms with van der Waals surface area (Å²) in [5, 5.41) is 6.42. The second-order valence-corrected chi connectivity index (χ2v) is 8.51. The molecule has 2 heterocycles. The van der Waals surface area contributed by atoms with Gasteiger partial charge in [-0.25, -0.2) is 13.4 Å². The van der Waals surface area contributed by atoms with Crippen molar-refractivity contribution in [1.29, 1.82) is 0 Å². The van der Waals surface area contributed by atoms with Gasteiger partial charge in [-0.05, 0) is 31.9 Å². The average molecular weight is 363 g/mol. The van der Waals surface area contributed by atoms with Gasteiger partial charge in [-0.3, -0.25) is 4.99 Å². The van der Waals surface area contributed by atoms with Crippen LogP contribution in [0.1, 0.15) is 19.8 Å². The zero-order valence-electron chi connectivity index (χ0n) is 14.5. The van der Waals surface area contributed by atoms with E-state index >= 15 is 0 Å². The van der Waals surface area contributed by atoms with E-state index in [0.717, 1.165) is 30.5 Å². The first kappa shape index (κ1) is 17.7. The van der Waals surface area contributed by atoms with Gasteiger partial charge < -0.3 is 15.2 Å². The monoisotopic (exact) mass is 363 g/mol. The predicted octanol–water partition coefficient (Wildman–Crippen LogP) is 1.17. The Balaban J connectivity index is 1.53. The Kier molecular flexibility index (Phi) is 5.57. The maximum atomic E-state index is 11.6. The van der Waals surface area contributed by atoms with Crippen LogP contribution in [0.15, 0.2) is 35.6 Å². The molecule has 0 saturated carbocycles. The van der Waals surface area contributed by atoms with Gasteiger partial charge in [-0.2, -0.15) is 0 Å². The van der Waals surface area contributed by atoms with E-state index in [9.17, 15) is 8.42 Å². The summed E-state index contributed by atoms with van der Waals surface area (Å²) in [6, 6.07) is 8.04. The topological polar surface area (TPSA) is 88.4 Å². The molecule has 1 atom stereocenters. The van der Waals surface area contributed by atoms with Crippen molar-refractivity contribution in [3.05, 3.63) is 30.6 Å². The number of aliphatic imine (C=N–C) groups is 1. The lowest BCUT2D eigenvalue weighted by Gasteiger charge is -2.15. The summed E-state index contributed by atoms with van der Waals surface area (Å²) in [6.07, 6.45) is 3.40. The third-order valence-electron chi connectivity index (χ3n) is 4.27. The van der Waals surface area contributed by atoms with Crippen LogP contribution in [0, 0.1) is 0 Å². The average Bonchev–Trinajstić information content (AvgIpc) is 3.15. The van der Waals surface area contributed by atoms with Crippen molar-refractivity contribution >= 4 is 26.8 Å². The normalized spacial score (nSPS) is 20.0. The number of guanidine groups is 1. The van der Waals surface area contributed by atoms with Gasteiger partial charge in [0.25, 0.3) is 0 Å². The molecule has 2 N–H and O–H groups in total. The fraction of sp³-hybridized carbons (Fsp3) is 0.529. The number of nitrogens with one attached hydrogen (secondary N) is 2. The molecule has 0 aliphatic carbocycles. The molecule has 7 nitrogen and oxygen atoms in total. The third-order valence-corrected chi connectivity index (χ3v) is 6.04. The minimum absolute atomic E-state index is 0.0413. The third kappa shape index (κ3) is 4.72. The van der Waals surface area contributed by atoms with Crippen LogP contribution in [0.25, 0.3) is 11.0 Å². The van der Waals surface area contributed by atoms with Crippen molar-refractivity contribution in [1.82, 2.24) is 20.2 Å². The molecule has 0 amide bonds. The predicted molar refractivity (Wildman–Crippen MR) is 101 cm³/mol. The number of imidazole rings is 1. The van der Waals surface area contributed by atoms with E-state index in [1.54, 1.807) is 0 Å². The Labute approximate surface area is 148 Å². The lowest BCUT2D eigenvalue weighted by Crippen LogP contribution is -2.44. The first-order valence-electron chi connectivity index (χ1n) is 8.72. The largest absolute Gasteiger partial charge is 0.357 e. The number of hydrogen-bond acceptors (Lipinski definition) is 4. The van der Waals surface area contributed by atoms with Crippen LogP contribution < -0.4 is 10.6 Å². The van der Waals surface area contributed by atoms with Crippen LogP contribution in [0.2, 0.25) is 0 Å². The van der Waals surface area contributed by atoms with Crippen LogP contribution in [0.5, 0.6) is 0 Å². The minimum Gasteiger partial charge on any atom is -0.357 e. The molecule has 8 heteroatoms. The molecule has 1 saturated heterocycles. The van der Waals surface area contributed by atoms with Crippen LogP contribution in [0.3, 0.4) is 0 Å². The quantitative estimate of drug-likeness (QED) is 0.457. The van der Waals surface area contributed by atoms with Gasteiger partial charge in [-0.1, -0.05) is 12.1 Å². The van der Waals surface area contributed by atoms with Crippen molar-refractivity contribution in [2.45, 2.75) is 32.4 Å². The maximum absolute atomic E-state index is 11.6. The molecule has 1 aliphatic rings. The highest BCUT2D eigenvalue weighted by atomic mass is 32.2. The molecule has 1 fully saturated rings. The number of aryl methyl sites for hydroxylation is 1. The molecule has 2 aromatic rings. The van der Waals surface area contributed by atoms with Crippen molar-refractivity contribution < 1.29 is 8.42 Å². The fourth-order valence-electron chi connectivity index (χ4n) is 3.04. The number of hydrogen-bond donors (Lipinski definition) is 2. The van der Waals surface area contributed by atoms with E-state index in [1.165, 1.54) is 0 Å². The molecular weight excluding hydrogens is 338 g/mol. The first-order chi connectivity index (χ1) is 12.1. The van der Waals surface area contributed by atoms with Crippen LogP contribution in [0.4, 0.5) is 0 Å². The SMILES string of the molecule is CCNC(=NCCCn1cnc2ccccc21)NC1CCS(=O)(=O)C1. The van der Waals surface area contributed by atoms with Crippen molar-refractivity contribution in [3.63, 3.8) is 0 Å². The number of aromatic nitrogens is 2. The van der Waals surface area contributed by atoms with E-state index in [4.69, 9.17) is 0 Å². The fourth-order valence-corrected chi connectivity index (χ4v) is 4.72. The number of nitrogens with zero attached hydrogens (tertiary/aromatic N) is 3. The Morgan fingerprint density at radius 2 is 2.24 bits per heavy atom. The van der Waals surface area contributed by atoms with Gasteiger partial charge in [0.15, 0.2) is 15.8 Å². The highest BCUT2D eigenvalue weighted by Gasteiger charge is 2.28. The number of benzene rings is 1. The molecule has 0 bridgehead atoms. The Bertz CT molecular complexity index is 844. The van der Waals surface area contributed by atoms with Gasteiger partial charge in [0.1, 0.15) is 0 Å². The molecule has 3 rings (SSSR count). The first-order valence-corrected chi connectivity index (χ1v) is 10.5. The molecule has 0 spiro atoms. The van der Waals surface area contributed by atoms with E-state index in [1.807, 2.05) is 31.5 Å². The van der Waals surface area contributed by atoms with Crippen LogP contribution >= 0.6 is 0 Å². The minimum atomic E-state index is -2.89. The molecule has 1 unspecified atom stereocenters. The summed E-state index contributed by atoms with van der Waals surface area (Å²) in [7, 11) is -2.89. The second-order valence-electron chi connectivity index (χ2n) is 6.29. The Hall–Kier alpha value is -2.09. The van der Waals surface area contributed by atoms with Crippen molar-refractivity contribution in [2.24, 2.45) is 4.99 Å². The highest BCUT2D eigenvalue weighted by molar-refractivity contribution is 7.91. The molecule has 1 aromatic carbocycles. The van der Waals surface area contributed by atoms with Crippen LogP contribution in [-0.4, -0.2) is 54.6 Å². The highest BCUT2D eigenvalue weighted by Crippen LogP contribution is 2.12. The Morgan fingerprint density at radius 3 is 3.00 bits per heavy atom. The molecule has 136 valence electrons. The summed E-state index contributed by atoms with van der Waals surface area (Å²) in [5.41, 5.74) is 2.14. The van der Waals surface area contributed by atoms with Gasteiger partial charge in [0.05, 0.1) is 28.9 Å². The van der Waals surface area contributed by atoms with E-state index in [0.29, 0.717) is 18.9 Å². The summed E-state index contributed by atoms with van der Waals surface area (Å²) in [4.78, 5) is 8.96. The van der Waals surface area contributed by atoms with Gasteiger partial charge in [0.2, 0.25) is 0 Å². The zero-order chi connectivity index (χ0) is 17.7. The van der Waals surface area contributed by atoms with Gasteiger partial charge in [0, 0.05) is 25.7 Å². The van der Waals surface area contributed by atoms with E-state index in [2.05, 4.69) is 31.2 Å². The van der Waals surface area contributed by atoms with E-state index < -0.39 is 9.84 Å². The number of para-hydroxylation sites is 2. The standard InChI is InChI=1S/C17H25N5O2S/c1-2-18-17(21-14-8-11-25(23,24)12-14)19-9-5-10-22-13-20-15-6-3-4-7-16(15)22/h3-4,6-7,13-14H,2,5,8-12H2,1H3,(H2,18,19,21). The van der Waals surface area contributed by atoms with Crippen molar-refractivity contribution in [3.8, 4) is 0 Å². The summed E-state index contributed by atoms with van der Waals surface area (Å²) >= 11 is 0. The van der Waals surface area contributed by atoms with Crippen LogP contribution in [-0.2, 0) is 16.4 Å².